The first-order valence-electron chi connectivity index (χ1n) is 7.94. The molecule has 0 spiro atoms. The van der Waals surface area contributed by atoms with E-state index in [1.54, 1.807) is 26.0 Å². The third-order valence-electron chi connectivity index (χ3n) is 3.78. The van der Waals surface area contributed by atoms with Crippen LogP contribution in [-0.4, -0.2) is 39.0 Å². The Bertz CT molecular complexity index is 647. The summed E-state index contributed by atoms with van der Waals surface area (Å²) in [6.45, 7) is 6.52. The smallest absolute Gasteiger partial charge is 0.251 e. The number of hydrogen-bond donors (Lipinski definition) is 3. The number of halogens is 1. The van der Waals surface area contributed by atoms with Gasteiger partial charge in [-0.3, -0.25) is 4.79 Å². The summed E-state index contributed by atoms with van der Waals surface area (Å²) in [7, 11) is -3.53. The first kappa shape index (κ1) is 20.9. The van der Waals surface area contributed by atoms with Gasteiger partial charge in [-0.25, -0.2) is 13.1 Å². The molecule has 0 bridgehead atoms. The summed E-state index contributed by atoms with van der Waals surface area (Å²) in [6, 6.07) is 6.40. The van der Waals surface area contributed by atoms with E-state index in [0.29, 0.717) is 11.6 Å². The Hall–Kier alpha value is -1.15. The van der Waals surface area contributed by atoms with E-state index in [0.717, 1.165) is 19.4 Å². The van der Waals surface area contributed by atoms with E-state index in [9.17, 15) is 13.2 Å². The van der Waals surface area contributed by atoms with Crippen LogP contribution >= 0.6 is 12.4 Å². The van der Waals surface area contributed by atoms with Crippen molar-refractivity contribution in [1.29, 1.82) is 0 Å². The van der Waals surface area contributed by atoms with Crippen LogP contribution < -0.4 is 15.4 Å². The lowest BCUT2D eigenvalue weighted by atomic mass is 10.0. The summed E-state index contributed by atoms with van der Waals surface area (Å²) >= 11 is 0. The van der Waals surface area contributed by atoms with Crippen LogP contribution in [0.4, 0.5) is 0 Å². The van der Waals surface area contributed by atoms with Gasteiger partial charge in [0.2, 0.25) is 10.0 Å². The first-order chi connectivity index (χ1) is 10.8. The van der Waals surface area contributed by atoms with Crippen molar-refractivity contribution in [3.8, 4) is 0 Å². The summed E-state index contributed by atoms with van der Waals surface area (Å²) in [6.07, 6.45) is 1.80. The topological polar surface area (TPSA) is 87.3 Å². The lowest BCUT2D eigenvalue weighted by Crippen LogP contribution is -2.46. The number of piperidine rings is 1. The van der Waals surface area contributed by atoms with Crippen LogP contribution in [0, 0.1) is 0 Å². The summed E-state index contributed by atoms with van der Waals surface area (Å²) in [5.41, 5.74) is 0.472. The van der Waals surface area contributed by atoms with Gasteiger partial charge >= 0.3 is 0 Å². The van der Waals surface area contributed by atoms with Crippen LogP contribution in [0.15, 0.2) is 29.2 Å². The fraction of sp³-hybridized carbons (Fsp3) is 0.562. The summed E-state index contributed by atoms with van der Waals surface area (Å²) in [5, 5.41) is 6.35. The Labute approximate surface area is 150 Å². The molecule has 1 aliphatic rings. The average Bonchev–Trinajstić information content (AvgIpc) is 2.46. The quantitative estimate of drug-likeness (QED) is 0.730. The molecule has 1 heterocycles. The Morgan fingerprint density at radius 3 is 2.42 bits per heavy atom. The maximum absolute atomic E-state index is 12.3. The predicted octanol–water partition coefficient (Wildman–Crippen LogP) is 1.67. The van der Waals surface area contributed by atoms with Crippen molar-refractivity contribution in [2.45, 2.75) is 56.6 Å². The first-order valence-corrected chi connectivity index (χ1v) is 9.43. The molecular weight excluding hydrogens is 350 g/mol. The van der Waals surface area contributed by atoms with Crippen LogP contribution in [0.5, 0.6) is 0 Å². The number of carbonyl (C=O) groups excluding carboxylic acids is 1. The van der Waals surface area contributed by atoms with E-state index < -0.39 is 10.0 Å². The minimum atomic E-state index is -3.53. The van der Waals surface area contributed by atoms with Crippen molar-refractivity contribution < 1.29 is 13.2 Å². The van der Waals surface area contributed by atoms with Gasteiger partial charge in [0.1, 0.15) is 0 Å². The number of benzene rings is 1. The molecule has 136 valence electrons. The molecule has 0 aliphatic carbocycles. The maximum atomic E-state index is 12.3. The molecule has 6 nitrogen and oxygen atoms in total. The summed E-state index contributed by atoms with van der Waals surface area (Å²) in [5.74, 6) is -0.162. The molecular formula is C16H26ClN3O3S. The number of rotatable bonds is 5. The Balaban J connectivity index is 0.00000288. The number of hydrogen-bond acceptors (Lipinski definition) is 4. The average molecular weight is 376 g/mol. The molecule has 24 heavy (non-hydrogen) atoms. The largest absolute Gasteiger partial charge is 0.349 e. The third kappa shape index (κ3) is 5.73. The van der Waals surface area contributed by atoms with E-state index in [2.05, 4.69) is 22.3 Å². The number of sulfonamides is 1. The van der Waals surface area contributed by atoms with Gasteiger partial charge in [-0.2, -0.15) is 0 Å². The highest BCUT2D eigenvalue weighted by Gasteiger charge is 2.21. The summed E-state index contributed by atoms with van der Waals surface area (Å²) in [4.78, 5) is 12.4. The van der Waals surface area contributed by atoms with Crippen molar-refractivity contribution in [1.82, 2.24) is 15.4 Å². The van der Waals surface area contributed by atoms with Crippen molar-refractivity contribution >= 4 is 28.3 Å². The highest BCUT2D eigenvalue weighted by atomic mass is 35.5. The van der Waals surface area contributed by atoms with Gasteiger partial charge in [0.15, 0.2) is 0 Å². The van der Waals surface area contributed by atoms with Crippen molar-refractivity contribution in [2.24, 2.45) is 0 Å². The molecule has 8 heteroatoms. The van der Waals surface area contributed by atoms with Crippen molar-refractivity contribution in [3.05, 3.63) is 29.8 Å². The molecule has 0 saturated carbocycles. The van der Waals surface area contributed by atoms with Gasteiger partial charge in [-0.05, 0) is 64.4 Å². The van der Waals surface area contributed by atoms with Gasteiger partial charge in [0.05, 0.1) is 4.90 Å². The second-order valence-electron chi connectivity index (χ2n) is 6.35. The van der Waals surface area contributed by atoms with Gasteiger partial charge in [0.25, 0.3) is 5.91 Å². The van der Waals surface area contributed by atoms with Crippen LogP contribution in [0.2, 0.25) is 0 Å². The molecule has 2 unspecified atom stereocenters. The highest BCUT2D eigenvalue weighted by molar-refractivity contribution is 7.89. The normalized spacial score (nSPS) is 21.2. The molecule has 1 aliphatic heterocycles. The number of carbonyl (C=O) groups is 1. The lowest BCUT2D eigenvalue weighted by Gasteiger charge is -2.28. The molecule has 1 aromatic rings. The molecule has 1 amide bonds. The second kappa shape index (κ2) is 8.80. The molecule has 2 rings (SSSR count). The van der Waals surface area contributed by atoms with E-state index >= 15 is 0 Å². The van der Waals surface area contributed by atoms with Crippen LogP contribution in [0.3, 0.4) is 0 Å². The minimum absolute atomic E-state index is 0. The minimum Gasteiger partial charge on any atom is -0.349 e. The molecule has 2 atom stereocenters. The molecule has 3 N–H and O–H groups in total. The molecule has 1 aromatic carbocycles. The molecule has 1 saturated heterocycles. The predicted molar refractivity (Wildman–Crippen MR) is 97.1 cm³/mol. The van der Waals surface area contributed by atoms with Crippen LogP contribution in [0.25, 0.3) is 0 Å². The zero-order valence-electron chi connectivity index (χ0n) is 14.2. The van der Waals surface area contributed by atoms with Crippen molar-refractivity contribution in [3.63, 3.8) is 0 Å². The van der Waals surface area contributed by atoms with Gasteiger partial charge in [0, 0.05) is 23.7 Å². The van der Waals surface area contributed by atoms with Gasteiger partial charge in [-0.15, -0.1) is 12.4 Å². The van der Waals surface area contributed by atoms with Gasteiger partial charge in [-0.1, -0.05) is 0 Å². The van der Waals surface area contributed by atoms with Crippen LogP contribution in [0.1, 0.15) is 44.0 Å². The van der Waals surface area contributed by atoms with E-state index in [4.69, 9.17) is 0 Å². The highest BCUT2D eigenvalue weighted by Crippen LogP contribution is 2.13. The zero-order chi connectivity index (χ0) is 17.0. The maximum Gasteiger partial charge on any atom is 0.251 e. The van der Waals surface area contributed by atoms with E-state index in [-0.39, 0.29) is 35.3 Å². The zero-order valence-corrected chi connectivity index (χ0v) is 15.8. The number of nitrogens with one attached hydrogen (secondary N) is 3. The SMILES string of the molecule is CC(C)NS(=O)(=O)c1ccc(C(=O)NC2CCNC(C)C2)cc1.Cl. The molecule has 1 fully saturated rings. The molecule has 0 radical (unpaired) electrons. The van der Waals surface area contributed by atoms with Crippen LogP contribution in [-0.2, 0) is 10.0 Å². The fourth-order valence-electron chi connectivity index (χ4n) is 2.70. The second-order valence-corrected chi connectivity index (χ2v) is 8.06. The Morgan fingerprint density at radius 2 is 1.88 bits per heavy atom. The fourth-order valence-corrected chi connectivity index (χ4v) is 3.95. The lowest BCUT2D eigenvalue weighted by molar-refractivity contribution is 0.0925. The Morgan fingerprint density at radius 1 is 1.25 bits per heavy atom. The molecule has 0 aromatic heterocycles. The van der Waals surface area contributed by atoms with Crippen molar-refractivity contribution in [2.75, 3.05) is 6.54 Å². The monoisotopic (exact) mass is 375 g/mol. The van der Waals surface area contributed by atoms with Gasteiger partial charge < -0.3 is 10.6 Å². The third-order valence-corrected chi connectivity index (χ3v) is 5.45. The van der Waals surface area contributed by atoms with E-state index in [1.807, 2.05) is 0 Å². The number of amides is 1. The van der Waals surface area contributed by atoms with E-state index in [1.165, 1.54) is 12.1 Å². The standard InChI is InChI=1S/C16H25N3O3S.ClH/c1-11(2)19-23(21,22)15-6-4-13(5-7-15)16(20)18-14-8-9-17-12(3)10-14;/h4-7,11-12,14,17,19H,8-10H2,1-3H3,(H,18,20);1H. The summed E-state index contributed by atoms with van der Waals surface area (Å²) < 4.78 is 26.6. The Kier molecular flexibility index (Phi) is 7.66.